The molecule has 0 aliphatic carbocycles. The molecule has 6 heteroatoms. The molecule has 2 rings (SSSR count). The standard InChI is InChI=1S/C14H11Cl3N2O/c15-9-1-4-11(5-2-9)18-8-14(20)19-13-6-3-10(16)7-12(13)17/h1-7,18H,8H2,(H,19,20). The van der Waals surface area contributed by atoms with Gasteiger partial charge in [0, 0.05) is 15.7 Å². The molecular weight excluding hydrogens is 319 g/mol. The van der Waals surface area contributed by atoms with E-state index in [1.807, 2.05) is 0 Å². The van der Waals surface area contributed by atoms with Gasteiger partial charge in [-0.15, -0.1) is 0 Å². The molecule has 20 heavy (non-hydrogen) atoms. The number of nitrogens with one attached hydrogen (secondary N) is 2. The fraction of sp³-hybridized carbons (Fsp3) is 0.0714. The topological polar surface area (TPSA) is 41.1 Å². The molecule has 0 spiro atoms. The second-order valence-electron chi connectivity index (χ2n) is 4.03. The fourth-order valence-electron chi connectivity index (χ4n) is 1.54. The molecular formula is C14H11Cl3N2O. The van der Waals surface area contributed by atoms with Gasteiger partial charge in [-0.05, 0) is 42.5 Å². The SMILES string of the molecule is O=C(CNc1ccc(Cl)cc1)Nc1ccc(Cl)cc1Cl. The third-order valence-corrected chi connectivity index (χ3v) is 3.30. The summed E-state index contributed by atoms with van der Waals surface area (Å²) in [5, 5.41) is 7.25. The first kappa shape index (κ1) is 15.0. The van der Waals surface area contributed by atoms with Crippen LogP contribution in [0.5, 0.6) is 0 Å². The first-order valence-electron chi connectivity index (χ1n) is 5.79. The zero-order valence-electron chi connectivity index (χ0n) is 10.3. The van der Waals surface area contributed by atoms with E-state index in [9.17, 15) is 4.79 Å². The highest BCUT2D eigenvalue weighted by Gasteiger charge is 2.06. The molecule has 1 amide bonds. The molecule has 0 saturated carbocycles. The zero-order valence-corrected chi connectivity index (χ0v) is 12.6. The molecule has 0 bridgehead atoms. The Labute approximate surface area is 131 Å². The van der Waals surface area contributed by atoms with Gasteiger partial charge in [-0.3, -0.25) is 4.79 Å². The van der Waals surface area contributed by atoms with E-state index in [0.29, 0.717) is 20.8 Å². The normalized spacial score (nSPS) is 10.2. The van der Waals surface area contributed by atoms with Crippen LogP contribution in [0.4, 0.5) is 11.4 Å². The van der Waals surface area contributed by atoms with Gasteiger partial charge < -0.3 is 10.6 Å². The molecule has 0 heterocycles. The predicted molar refractivity (Wildman–Crippen MR) is 85.0 cm³/mol. The quantitative estimate of drug-likeness (QED) is 0.854. The summed E-state index contributed by atoms with van der Waals surface area (Å²) >= 11 is 17.5. The van der Waals surface area contributed by atoms with E-state index in [0.717, 1.165) is 5.69 Å². The summed E-state index contributed by atoms with van der Waals surface area (Å²) in [6.07, 6.45) is 0. The minimum atomic E-state index is -0.204. The van der Waals surface area contributed by atoms with Crippen molar-refractivity contribution in [3.63, 3.8) is 0 Å². The van der Waals surface area contributed by atoms with E-state index in [2.05, 4.69) is 10.6 Å². The molecule has 0 unspecified atom stereocenters. The molecule has 0 aliphatic heterocycles. The smallest absolute Gasteiger partial charge is 0.243 e. The summed E-state index contributed by atoms with van der Waals surface area (Å²) in [5.41, 5.74) is 1.34. The largest absolute Gasteiger partial charge is 0.376 e. The van der Waals surface area contributed by atoms with Crippen LogP contribution in [0.1, 0.15) is 0 Å². The summed E-state index contributed by atoms with van der Waals surface area (Å²) in [6.45, 7) is 0.126. The van der Waals surface area contributed by atoms with Gasteiger partial charge in [-0.1, -0.05) is 34.8 Å². The Morgan fingerprint density at radius 3 is 2.25 bits per heavy atom. The Morgan fingerprint density at radius 1 is 0.950 bits per heavy atom. The van der Waals surface area contributed by atoms with Crippen LogP contribution in [-0.4, -0.2) is 12.5 Å². The number of hydrogen-bond acceptors (Lipinski definition) is 2. The molecule has 3 nitrogen and oxygen atoms in total. The molecule has 0 fully saturated rings. The van der Waals surface area contributed by atoms with Gasteiger partial charge in [0.25, 0.3) is 0 Å². The molecule has 2 N–H and O–H groups in total. The van der Waals surface area contributed by atoms with Crippen LogP contribution >= 0.6 is 34.8 Å². The monoisotopic (exact) mass is 328 g/mol. The number of carbonyl (C=O) groups excluding carboxylic acids is 1. The minimum Gasteiger partial charge on any atom is -0.376 e. The lowest BCUT2D eigenvalue weighted by Crippen LogP contribution is -2.21. The Bertz CT molecular complexity index is 614. The van der Waals surface area contributed by atoms with Gasteiger partial charge >= 0.3 is 0 Å². The lowest BCUT2D eigenvalue weighted by atomic mass is 10.3. The van der Waals surface area contributed by atoms with Crippen molar-refractivity contribution < 1.29 is 4.79 Å². The molecule has 2 aromatic rings. The van der Waals surface area contributed by atoms with Crippen molar-refractivity contribution in [2.75, 3.05) is 17.2 Å². The molecule has 2 aromatic carbocycles. The average molecular weight is 330 g/mol. The second-order valence-corrected chi connectivity index (χ2v) is 5.31. The van der Waals surface area contributed by atoms with Gasteiger partial charge in [0.15, 0.2) is 0 Å². The highest BCUT2D eigenvalue weighted by molar-refractivity contribution is 6.36. The first-order chi connectivity index (χ1) is 9.54. The summed E-state index contributed by atoms with van der Waals surface area (Å²) < 4.78 is 0. The van der Waals surface area contributed by atoms with E-state index in [4.69, 9.17) is 34.8 Å². The minimum absolute atomic E-state index is 0.126. The molecule has 0 atom stereocenters. The number of amides is 1. The van der Waals surface area contributed by atoms with Crippen molar-refractivity contribution >= 4 is 52.1 Å². The first-order valence-corrected chi connectivity index (χ1v) is 6.92. The van der Waals surface area contributed by atoms with Crippen LogP contribution < -0.4 is 10.6 Å². The number of carbonyl (C=O) groups is 1. The van der Waals surface area contributed by atoms with Crippen LogP contribution in [0.15, 0.2) is 42.5 Å². The van der Waals surface area contributed by atoms with E-state index in [1.54, 1.807) is 42.5 Å². The van der Waals surface area contributed by atoms with E-state index < -0.39 is 0 Å². The van der Waals surface area contributed by atoms with Crippen LogP contribution in [0.3, 0.4) is 0 Å². The highest BCUT2D eigenvalue weighted by Crippen LogP contribution is 2.25. The third-order valence-electron chi connectivity index (χ3n) is 2.50. The van der Waals surface area contributed by atoms with E-state index in [1.165, 1.54) is 0 Å². The van der Waals surface area contributed by atoms with Gasteiger partial charge in [0.05, 0.1) is 17.3 Å². The summed E-state index contributed by atoms with van der Waals surface area (Å²) in [4.78, 5) is 11.8. The van der Waals surface area contributed by atoms with Crippen LogP contribution in [-0.2, 0) is 4.79 Å². The summed E-state index contributed by atoms with van der Waals surface area (Å²) in [6, 6.07) is 12.0. The Hall–Kier alpha value is -1.42. The van der Waals surface area contributed by atoms with Crippen molar-refractivity contribution in [3.05, 3.63) is 57.5 Å². The number of rotatable bonds is 4. The Balaban J connectivity index is 1.90. The maximum absolute atomic E-state index is 11.8. The highest BCUT2D eigenvalue weighted by atomic mass is 35.5. The molecule has 104 valence electrons. The van der Waals surface area contributed by atoms with E-state index >= 15 is 0 Å². The summed E-state index contributed by atoms with van der Waals surface area (Å²) in [5.74, 6) is -0.204. The van der Waals surface area contributed by atoms with Gasteiger partial charge in [0.2, 0.25) is 5.91 Å². The predicted octanol–water partition coefficient (Wildman–Crippen LogP) is 4.70. The third kappa shape index (κ3) is 4.30. The van der Waals surface area contributed by atoms with Gasteiger partial charge in [-0.2, -0.15) is 0 Å². The maximum Gasteiger partial charge on any atom is 0.243 e. The molecule has 0 aromatic heterocycles. The van der Waals surface area contributed by atoms with Crippen molar-refractivity contribution in [1.29, 1.82) is 0 Å². The lowest BCUT2D eigenvalue weighted by molar-refractivity contribution is -0.114. The van der Waals surface area contributed by atoms with Crippen molar-refractivity contribution in [1.82, 2.24) is 0 Å². The lowest BCUT2D eigenvalue weighted by Gasteiger charge is -2.09. The number of halogens is 3. The summed E-state index contributed by atoms with van der Waals surface area (Å²) in [7, 11) is 0. The number of hydrogen-bond donors (Lipinski definition) is 2. The van der Waals surface area contributed by atoms with Crippen molar-refractivity contribution in [2.24, 2.45) is 0 Å². The maximum atomic E-state index is 11.8. The van der Waals surface area contributed by atoms with Crippen molar-refractivity contribution in [3.8, 4) is 0 Å². The Kier molecular flexibility index (Phi) is 5.12. The molecule has 0 saturated heterocycles. The fourth-order valence-corrected chi connectivity index (χ4v) is 2.12. The van der Waals surface area contributed by atoms with E-state index in [-0.39, 0.29) is 12.5 Å². The van der Waals surface area contributed by atoms with Gasteiger partial charge in [0.1, 0.15) is 0 Å². The van der Waals surface area contributed by atoms with Crippen molar-refractivity contribution in [2.45, 2.75) is 0 Å². The van der Waals surface area contributed by atoms with Crippen LogP contribution in [0.25, 0.3) is 0 Å². The van der Waals surface area contributed by atoms with Gasteiger partial charge in [-0.25, -0.2) is 0 Å². The molecule has 0 aliphatic rings. The average Bonchev–Trinajstić information content (AvgIpc) is 2.41. The van der Waals surface area contributed by atoms with Crippen LogP contribution in [0.2, 0.25) is 15.1 Å². The van der Waals surface area contributed by atoms with Crippen LogP contribution in [0, 0.1) is 0 Å². The zero-order chi connectivity index (χ0) is 14.5. The number of anilines is 2. The molecule has 0 radical (unpaired) electrons. The Morgan fingerprint density at radius 2 is 1.60 bits per heavy atom. The number of benzene rings is 2. The second kappa shape index (κ2) is 6.84.